The summed E-state index contributed by atoms with van der Waals surface area (Å²) in [5, 5.41) is 4.97. The Morgan fingerprint density at radius 2 is 1.91 bits per heavy atom. The van der Waals surface area contributed by atoms with E-state index in [0.29, 0.717) is 37.0 Å². The van der Waals surface area contributed by atoms with Crippen molar-refractivity contribution >= 4 is 17.0 Å². The maximum absolute atomic E-state index is 13.1. The van der Waals surface area contributed by atoms with Gasteiger partial charge >= 0.3 is 6.18 Å². The molecule has 0 amide bonds. The lowest BCUT2D eigenvalue weighted by Crippen LogP contribution is -2.40. The van der Waals surface area contributed by atoms with Crippen LogP contribution in [0.4, 0.5) is 19.1 Å². The first-order valence-corrected chi connectivity index (χ1v) is 10.8. The van der Waals surface area contributed by atoms with Gasteiger partial charge in [-0.25, -0.2) is 9.97 Å². The Hall–Kier alpha value is -2.75. The summed E-state index contributed by atoms with van der Waals surface area (Å²) in [6, 6.07) is 1.95. The SMILES string of the molecule is Cc1cc2c(nc(N3CCO[C@H](c4cnn(C)c4)C3)nc2[C@H]2C[C@H](C(F)(F)F)C2)nc1C. The van der Waals surface area contributed by atoms with Crippen molar-refractivity contribution in [2.45, 2.75) is 44.9 Å². The summed E-state index contributed by atoms with van der Waals surface area (Å²) >= 11 is 0. The summed E-state index contributed by atoms with van der Waals surface area (Å²) in [5.74, 6) is -1.01. The van der Waals surface area contributed by atoms with Crippen LogP contribution in [0.5, 0.6) is 0 Å². The van der Waals surface area contributed by atoms with E-state index in [0.717, 1.165) is 22.2 Å². The second-order valence-electron chi connectivity index (χ2n) is 8.83. The maximum atomic E-state index is 13.1. The van der Waals surface area contributed by atoms with Gasteiger partial charge in [0.1, 0.15) is 6.10 Å². The smallest absolute Gasteiger partial charge is 0.370 e. The molecule has 0 N–H and O–H groups in total. The summed E-state index contributed by atoms with van der Waals surface area (Å²) in [7, 11) is 1.85. The van der Waals surface area contributed by atoms with Gasteiger partial charge in [-0.15, -0.1) is 0 Å². The van der Waals surface area contributed by atoms with Crippen molar-refractivity contribution in [3.63, 3.8) is 0 Å². The fourth-order valence-electron chi connectivity index (χ4n) is 4.45. The number of aromatic nitrogens is 5. The molecule has 0 bridgehead atoms. The molecule has 1 aliphatic carbocycles. The van der Waals surface area contributed by atoms with E-state index in [9.17, 15) is 13.2 Å². The van der Waals surface area contributed by atoms with E-state index < -0.39 is 12.1 Å². The third-order valence-corrected chi connectivity index (χ3v) is 6.58. The lowest BCUT2D eigenvalue weighted by molar-refractivity contribution is -0.197. The van der Waals surface area contributed by atoms with Gasteiger partial charge in [-0.1, -0.05) is 0 Å². The van der Waals surface area contributed by atoms with Gasteiger partial charge in [0.15, 0.2) is 5.65 Å². The summed E-state index contributed by atoms with van der Waals surface area (Å²) in [4.78, 5) is 16.2. The number of hydrogen-bond donors (Lipinski definition) is 0. The first-order valence-electron chi connectivity index (χ1n) is 10.8. The zero-order valence-electron chi connectivity index (χ0n) is 18.2. The molecule has 170 valence electrons. The number of morpholine rings is 1. The largest absolute Gasteiger partial charge is 0.391 e. The van der Waals surface area contributed by atoms with Gasteiger partial charge in [0.2, 0.25) is 5.95 Å². The summed E-state index contributed by atoms with van der Waals surface area (Å²) in [5.41, 5.74) is 4.00. The average Bonchev–Trinajstić information content (AvgIpc) is 3.13. The van der Waals surface area contributed by atoms with Crippen LogP contribution in [0, 0.1) is 19.8 Å². The predicted octanol–water partition coefficient (Wildman–Crippen LogP) is 4.01. The monoisotopic (exact) mass is 446 g/mol. The lowest BCUT2D eigenvalue weighted by atomic mass is 9.72. The van der Waals surface area contributed by atoms with Gasteiger partial charge < -0.3 is 9.64 Å². The number of rotatable bonds is 3. The average molecular weight is 446 g/mol. The van der Waals surface area contributed by atoms with Gasteiger partial charge in [-0.2, -0.15) is 23.3 Å². The molecule has 1 saturated heterocycles. The Bertz CT molecular complexity index is 1150. The fraction of sp³-hybridized carbons (Fsp3) is 0.545. The Balaban J connectivity index is 1.50. The number of pyridine rings is 1. The molecule has 10 heteroatoms. The summed E-state index contributed by atoms with van der Waals surface area (Å²) in [6.45, 7) is 5.49. The molecular formula is C22H25F3N6O. The molecule has 1 atom stereocenters. The first kappa shape index (κ1) is 21.1. The van der Waals surface area contributed by atoms with Crippen LogP contribution in [0.2, 0.25) is 0 Å². The molecule has 0 aromatic carbocycles. The van der Waals surface area contributed by atoms with Crippen molar-refractivity contribution < 1.29 is 17.9 Å². The van der Waals surface area contributed by atoms with Crippen LogP contribution in [0.1, 0.15) is 47.4 Å². The highest BCUT2D eigenvalue weighted by molar-refractivity contribution is 5.80. The van der Waals surface area contributed by atoms with Crippen molar-refractivity contribution in [3.8, 4) is 0 Å². The first-order chi connectivity index (χ1) is 15.2. The molecule has 0 radical (unpaired) electrons. The predicted molar refractivity (Wildman–Crippen MR) is 112 cm³/mol. The molecule has 7 nitrogen and oxygen atoms in total. The third-order valence-electron chi connectivity index (χ3n) is 6.58. The molecule has 2 fully saturated rings. The second kappa shape index (κ2) is 7.68. The molecule has 3 aromatic rings. The van der Waals surface area contributed by atoms with Gasteiger partial charge in [-0.3, -0.25) is 4.68 Å². The molecular weight excluding hydrogens is 421 g/mol. The second-order valence-corrected chi connectivity index (χ2v) is 8.83. The van der Waals surface area contributed by atoms with Crippen molar-refractivity contribution in [3.05, 3.63) is 41.0 Å². The zero-order valence-corrected chi connectivity index (χ0v) is 18.2. The van der Waals surface area contributed by atoms with Crippen LogP contribution >= 0.6 is 0 Å². The minimum absolute atomic E-state index is 0.0589. The Labute approximate surface area is 183 Å². The highest BCUT2D eigenvalue weighted by Gasteiger charge is 2.49. The molecule has 0 unspecified atom stereocenters. The van der Waals surface area contributed by atoms with Crippen molar-refractivity contribution in [2.75, 3.05) is 24.6 Å². The molecule has 2 aliphatic rings. The topological polar surface area (TPSA) is 69.0 Å². The number of alkyl halides is 3. The summed E-state index contributed by atoms with van der Waals surface area (Å²) in [6.07, 6.45) is -0.521. The number of nitrogens with zero attached hydrogens (tertiary/aromatic N) is 6. The standard InChI is InChI=1S/C22H25F3N6O/c1-12-6-17-19(14-7-16(8-14)22(23,24)25)28-21(29-20(17)27-13(12)2)31-4-5-32-18(11-31)15-9-26-30(3)10-15/h6,9-10,14,16,18H,4-5,7-8,11H2,1-3H3/t14-,16-,18-/m0/s1. The molecule has 0 spiro atoms. The van der Waals surface area contributed by atoms with Crippen LogP contribution in [0.25, 0.3) is 11.0 Å². The van der Waals surface area contributed by atoms with E-state index in [4.69, 9.17) is 14.7 Å². The van der Waals surface area contributed by atoms with Crippen LogP contribution in [-0.2, 0) is 11.8 Å². The highest BCUT2D eigenvalue weighted by atomic mass is 19.4. The van der Waals surface area contributed by atoms with Gasteiger partial charge in [0.05, 0.1) is 31.0 Å². The molecule has 1 saturated carbocycles. The number of fused-ring (bicyclic) bond motifs is 1. The minimum Gasteiger partial charge on any atom is -0.370 e. The van der Waals surface area contributed by atoms with Crippen LogP contribution in [0.15, 0.2) is 18.5 Å². The van der Waals surface area contributed by atoms with Crippen LogP contribution in [-0.4, -0.2) is 50.6 Å². The minimum atomic E-state index is -4.16. The number of aryl methyl sites for hydroxylation is 3. The molecule has 3 aromatic heterocycles. The zero-order chi connectivity index (χ0) is 22.6. The molecule has 5 rings (SSSR count). The van der Waals surface area contributed by atoms with E-state index in [2.05, 4.69) is 10.1 Å². The Kier molecular flexibility index (Phi) is 5.07. The summed E-state index contributed by atoms with van der Waals surface area (Å²) < 4.78 is 47.0. The quantitative estimate of drug-likeness (QED) is 0.606. The normalized spacial score (nSPS) is 24.1. The van der Waals surface area contributed by atoms with Crippen LogP contribution < -0.4 is 4.90 Å². The number of halogens is 3. The van der Waals surface area contributed by atoms with Crippen molar-refractivity contribution in [1.29, 1.82) is 0 Å². The van der Waals surface area contributed by atoms with E-state index >= 15 is 0 Å². The van der Waals surface area contributed by atoms with Gasteiger partial charge in [0.25, 0.3) is 0 Å². The molecule has 4 heterocycles. The molecule has 32 heavy (non-hydrogen) atoms. The Morgan fingerprint density at radius 1 is 1.12 bits per heavy atom. The van der Waals surface area contributed by atoms with E-state index in [1.54, 1.807) is 10.9 Å². The fourth-order valence-corrected chi connectivity index (χ4v) is 4.45. The van der Waals surface area contributed by atoms with Gasteiger partial charge in [-0.05, 0) is 38.3 Å². The molecule has 1 aliphatic heterocycles. The Morgan fingerprint density at radius 3 is 2.59 bits per heavy atom. The van der Waals surface area contributed by atoms with Gasteiger partial charge in [0, 0.05) is 42.4 Å². The number of hydrogen-bond acceptors (Lipinski definition) is 6. The maximum Gasteiger partial charge on any atom is 0.391 e. The lowest BCUT2D eigenvalue weighted by Gasteiger charge is -2.37. The van der Waals surface area contributed by atoms with E-state index in [1.807, 2.05) is 38.1 Å². The van der Waals surface area contributed by atoms with E-state index in [1.165, 1.54) is 0 Å². The van der Waals surface area contributed by atoms with E-state index in [-0.39, 0.29) is 24.9 Å². The number of anilines is 1. The third kappa shape index (κ3) is 3.80. The van der Waals surface area contributed by atoms with Crippen molar-refractivity contribution in [2.24, 2.45) is 13.0 Å². The van der Waals surface area contributed by atoms with Crippen LogP contribution in [0.3, 0.4) is 0 Å². The number of ether oxygens (including phenoxy) is 1. The van der Waals surface area contributed by atoms with Crippen molar-refractivity contribution in [1.82, 2.24) is 24.7 Å². The highest BCUT2D eigenvalue weighted by Crippen LogP contribution is 2.50.